The number of ether oxygens (including phenoxy) is 1. The van der Waals surface area contributed by atoms with Gasteiger partial charge in [-0.3, -0.25) is 9.69 Å². The van der Waals surface area contributed by atoms with E-state index >= 15 is 0 Å². The first-order valence-corrected chi connectivity index (χ1v) is 8.56. The molecule has 0 aliphatic carbocycles. The number of anilines is 2. The van der Waals surface area contributed by atoms with E-state index in [1.807, 2.05) is 39.0 Å². The summed E-state index contributed by atoms with van der Waals surface area (Å²) in [6, 6.07) is 6.23. The molecule has 3 aromatic rings. The van der Waals surface area contributed by atoms with Crippen LogP contribution in [0, 0.1) is 6.92 Å². The first kappa shape index (κ1) is 17.1. The maximum Gasteiger partial charge on any atom is 0.316 e. The van der Waals surface area contributed by atoms with Crippen molar-refractivity contribution in [2.45, 2.75) is 26.2 Å². The lowest BCUT2D eigenvalue weighted by Crippen LogP contribution is -2.33. The Bertz CT molecular complexity index is 1010. The zero-order valence-electron chi connectivity index (χ0n) is 15.6. The third-order valence-electron chi connectivity index (χ3n) is 4.82. The van der Waals surface area contributed by atoms with Gasteiger partial charge in [-0.2, -0.15) is 0 Å². The Hall–Kier alpha value is -3.35. The summed E-state index contributed by atoms with van der Waals surface area (Å²) < 4.78 is 5.02. The van der Waals surface area contributed by atoms with Crippen molar-refractivity contribution in [3.63, 3.8) is 0 Å². The van der Waals surface area contributed by atoms with Crippen LogP contribution in [0.5, 0.6) is 6.01 Å². The van der Waals surface area contributed by atoms with Gasteiger partial charge in [-0.15, -0.1) is 0 Å². The molecule has 3 heterocycles. The highest BCUT2D eigenvalue weighted by Gasteiger charge is 2.44. The lowest BCUT2D eigenvalue weighted by atomic mass is 9.85. The number of benzene rings is 1. The Morgan fingerprint density at radius 2 is 1.63 bits per heavy atom. The van der Waals surface area contributed by atoms with Crippen LogP contribution in [0.4, 0.5) is 11.4 Å². The van der Waals surface area contributed by atoms with Gasteiger partial charge in [-0.1, -0.05) is 12.1 Å². The van der Waals surface area contributed by atoms with Crippen molar-refractivity contribution in [3.05, 3.63) is 54.4 Å². The summed E-state index contributed by atoms with van der Waals surface area (Å²) >= 11 is 0. The summed E-state index contributed by atoms with van der Waals surface area (Å²) in [5, 5.41) is 0. The van der Waals surface area contributed by atoms with Crippen LogP contribution in [-0.2, 0) is 10.2 Å². The van der Waals surface area contributed by atoms with E-state index in [1.165, 1.54) is 7.11 Å². The van der Waals surface area contributed by atoms with Crippen molar-refractivity contribution in [2.75, 3.05) is 12.0 Å². The van der Waals surface area contributed by atoms with Crippen LogP contribution in [0.25, 0.3) is 11.1 Å². The largest absolute Gasteiger partial charge is 0.467 e. The smallest absolute Gasteiger partial charge is 0.316 e. The van der Waals surface area contributed by atoms with Gasteiger partial charge in [0.2, 0.25) is 5.91 Å². The van der Waals surface area contributed by atoms with E-state index in [2.05, 4.69) is 19.9 Å². The minimum absolute atomic E-state index is 0.0245. The second kappa shape index (κ2) is 6.12. The Balaban J connectivity index is 1.84. The molecule has 7 nitrogen and oxygen atoms in total. The molecule has 0 saturated carbocycles. The second-order valence-electron chi connectivity index (χ2n) is 6.94. The fourth-order valence-corrected chi connectivity index (χ4v) is 3.26. The van der Waals surface area contributed by atoms with Gasteiger partial charge in [0.25, 0.3) is 0 Å². The molecule has 0 radical (unpaired) electrons. The number of carbonyl (C=O) groups excluding carboxylic acids is 1. The predicted molar refractivity (Wildman–Crippen MR) is 101 cm³/mol. The highest BCUT2D eigenvalue weighted by atomic mass is 16.5. The molecule has 136 valence electrons. The molecule has 2 aromatic heterocycles. The molecule has 0 fully saturated rings. The number of amides is 1. The first-order valence-electron chi connectivity index (χ1n) is 8.56. The van der Waals surface area contributed by atoms with E-state index in [1.54, 1.807) is 29.7 Å². The molecule has 0 spiro atoms. The van der Waals surface area contributed by atoms with Crippen LogP contribution >= 0.6 is 0 Å². The fraction of sp³-hybridized carbons (Fsp3) is 0.250. The lowest BCUT2D eigenvalue weighted by molar-refractivity contribution is -0.121. The normalized spacial score (nSPS) is 15.0. The molecular formula is C20H19N5O2. The van der Waals surface area contributed by atoms with Gasteiger partial charge in [0.05, 0.1) is 36.3 Å². The van der Waals surface area contributed by atoms with Gasteiger partial charge in [-0.25, -0.2) is 19.9 Å². The summed E-state index contributed by atoms with van der Waals surface area (Å²) in [6.45, 7) is 5.69. The van der Waals surface area contributed by atoms with Crippen LogP contribution in [0.2, 0.25) is 0 Å². The van der Waals surface area contributed by atoms with Gasteiger partial charge in [0, 0.05) is 18.0 Å². The van der Waals surface area contributed by atoms with E-state index in [9.17, 15) is 4.79 Å². The van der Waals surface area contributed by atoms with Crippen LogP contribution in [0.15, 0.2) is 43.0 Å². The number of carbonyl (C=O) groups is 1. The van der Waals surface area contributed by atoms with Gasteiger partial charge in [-0.05, 0) is 38.0 Å². The summed E-state index contributed by atoms with van der Waals surface area (Å²) in [6.07, 6.45) is 6.76. The topological polar surface area (TPSA) is 81.1 Å². The number of hydrogen-bond acceptors (Lipinski definition) is 6. The zero-order valence-corrected chi connectivity index (χ0v) is 15.6. The number of rotatable bonds is 3. The number of fused-ring (bicyclic) bond motifs is 1. The summed E-state index contributed by atoms with van der Waals surface area (Å²) in [5.41, 5.74) is 3.57. The number of aromatic nitrogens is 4. The number of hydrogen-bond donors (Lipinski definition) is 0. The predicted octanol–water partition coefficient (Wildman–Crippen LogP) is 3.21. The molecule has 7 heteroatoms. The molecule has 0 atom stereocenters. The Morgan fingerprint density at radius 1 is 0.963 bits per heavy atom. The van der Waals surface area contributed by atoms with E-state index in [0.29, 0.717) is 11.5 Å². The third kappa shape index (κ3) is 2.71. The summed E-state index contributed by atoms with van der Waals surface area (Å²) in [5.74, 6) is 0.691. The quantitative estimate of drug-likeness (QED) is 0.712. The van der Waals surface area contributed by atoms with E-state index in [-0.39, 0.29) is 11.9 Å². The average molecular weight is 361 g/mol. The van der Waals surface area contributed by atoms with E-state index < -0.39 is 5.41 Å². The maximum absolute atomic E-state index is 13.1. The second-order valence-corrected chi connectivity index (χ2v) is 6.94. The molecule has 1 amide bonds. The van der Waals surface area contributed by atoms with Crippen molar-refractivity contribution in [3.8, 4) is 17.1 Å². The Morgan fingerprint density at radius 3 is 2.26 bits per heavy atom. The number of nitrogens with zero attached hydrogens (tertiary/aromatic N) is 5. The highest BCUT2D eigenvalue weighted by molar-refractivity contribution is 6.12. The Kier molecular flexibility index (Phi) is 3.87. The molecule has 0 saturated heterocycles. The molecular weight excluding hydrogens is 342 g/mol. The first-order chi connectivity index (χ1) is 12.9. The lowest BCUT2D eigenvalue weighted by Gasteiger charge is -2.20. The monoisotopic (exact) mass is 361 g/mol. The average Bonchev–Trinajstić information content (AvgIpc) is 2.88. The van der Waals surface area contributed by atoms with Gasteiger partial charge in [0.15, 0.2) is 0 Å². The minimum atomic E-state index is -0.641. The molecule has 1 aliphatic heterocycles. The molecule has 0 N–H and O–H groups in total. The van der Waals surface area contributed by atoms with Crippen LogP contribution in [0.1, 0.15) is 25.2 Å². The maximum atomic E-state index is 13.1. The van der Waals surface area contributed by atoms with Crippen LogP contribution in [0.3, 0.4) is 0 Å². The number of aryl methyl sites for hydroxylation is 1. The number of methoxy groups -OCH3 is 1. The van der Waals surface area contributed by atoms with Crippen molar-refractivity contribution >= 4 is 17.3 Å². The fourth-order valence-electron chi connectivity index (χ4n) is 3.26. The minimum Gasteiger partial charge on any atom is -0.467 e. The molecule has 0 unspecified atom stereocenters. The SMILES string of the molecule is COc1ncc(N2C(=O)C(C)(C)c3ccc(-c4cnc(C)nc4)cc32)cn1. The van der Waals surface area contributed by atoms with Crippen molar-refractivity contribution < 1.29 is 9.53 Å². The standard InChI is InChI=1S/C20H19N5O2/c1-12-21-8-14(9-22-12)13-5-6-16-17(7-13)25(18(26)20(16,2)3)15-10-23-19(27-4)24-11-15/h5-11H,1-4H3. The van der Waals surface area contributed by atoms with Gasteiger partial charge in [0.1, 0.15) is 5.82 Å². The molecule has 0 bridgehead atoms. The van der Waals surface area contributed by atoms with E-state index in [4.69, 9.17) is 4.74 Å². The third-order valence-corrected chi connectivity index (χ3v) is 4.82. The molecule has 27 heavy (non-hydrogen) atoms. The van der Waals surface area contributed by atoms with Crippen molar-refractivity contribution in [2.24, 2.45) is 0 Å². The zero-order chi connectivity index (χ0) is 19.2. The van der Waals surface area contributed by atoms with Gasteiger partial charge < -0.3 is 4.74 Å². The molecule has 1 aromatic carbocycles. The van der Waals surface area contributed by atoms with Crippen LogP contribution < -0.4 is 9.64 Å². The van der Waals surface area contributed by atoms with Gasteiger partial charge >= 0.3 is 6.01 Å². The molecule has 4 rings (SSSR count). The summed E-state index contributed by atoms with van der Waals surface area (Å²) in [4.78, 5) is 31.6. The van der Waals surface area contributed by atoms with Crippen LogP contribution in [-0.4, -0.2) is 33.0 Å². The highest BCUT2D eigenvalue weighted by Crippen LogP contribution is 2.46. The van der Waals surface area contributed by atoms with E-state index in [0.717, 1.165) is 22.4 Å². The van der Waals surface area contributed by atoms with Crippen molar-refractivity contribution in [1.82, 2.24) is 19.9 Å². The van der Waals surface area contributed by atoms with Crippen molar-refractivity contribution in [1.29, 1.82) is 0 Å². The molecule has 1 aliphatic rings. The Labute approximate surface area is 157 Å². The summed E-state index contributed by atoms with van der Waals surface area (Å²) in [7, 11) is 1.50.